The first-order chi connectivity index (χ1) is 15.4. The van der Waals surface area contributed by atoms with Crippen molar-refractivity contribution in [2.45, 2.75) is 27.2 Å². The van der Waals surface area contributed by atoms with E-state index in [0.717, 1.165) is 48.2 Å². The Morgan fingerprint density at radius 1 is 0.906 bits per heavy atom. The average Bonchev–Trinajstić information content (AvgIpc) is 2.81. The molecular weight excluding hydrogens is 400 g/mol. The lowest BCUT2D eigenvalue weighted by Gasteiger charge is -2.36. The molecular formula is C26H30N4O2. The van der Waals surface area contributed by atoms with Crippen LogP contribution in [0.1, 0.15) is 38.6 Å². The van der Waals surface area contributed by atoms with Crippen molar-refractivity contribution in [3.05, 3.63) is 82.3 Å². The summed E-state index contributed by atoms with van der Waals surface area (Å²) in [6.07, 6.45) is 0.798. The van der Waals surface area contributed by atoms with E-state index in [1.165, 1.54) is 11.1 Å². The van der Waals surface area contributed by atoms with Crippen molar-refractivity contribution in [1.29, 1.82) is 0 Å². The number of amides is 1. The maximum atomic E-state index is 12.9. The third-order valence-corrected chi connectivity index (χ3v) is 6.01. The summed E-state index contributed by atoms with van der Waals surface area (Å²) in [5, 5.41) is 0. The number of nitrogens with zero attached hydrogens (tertiary/aromatic N) is 4. The van der Waals surface area contributed by atoms with Gasteiger partial charge >= 0.3 is 0 Å². The predicted octanol–water partition coefficient (Wildman–Crippen LogP) is 3.96. The lowest BCUT2D eigenvalue weighted by Crippen LogP contribution is -2.49. The molecule has 0 radical (unpaired) electrons. The summed E-state index contributed by atoms with van der Waals surface area (Å²) >= 11 is 0. The fourth-order valence-corrected chi connectivity index (χ4v) is 4.13. The summed E-state index contributed by atoms with van der Waals surface area (Å²) in [5.41, 5.74) is 5.37. The minimum Gasteiger partial charge on any atom is -0.497 e. The quantitative estimate of drug-likeness (QED) is 0.613. The van der Waals surface area contributed by atoms with Crippen LogP contribution in [-0.4, -0.2) is 54.1 Å². The molecule has 3 aromatic rings. The molecule has 0 N–H and O–H groups in total. The summed E-state index contributed by atoms with van der Waals surface area (Å²) in [6.45, 7) is 8.92. The number of carbonyl (C=O) groups excluding carboxylic acids is 1. The highest BCUT2D eigenvalue weighted by atomic mass is 16.5. The largest absolute Gasteiger partial charge is 0.497 e. The molecule has 32 heavy (non-hydrogen) atoms. The molecule has 0 aliphatic carbocycles. The Bertz CT molecular complexity index is 1090. The fourth-order valence-electron chi connectivity index (χ4n) is 4.13. The maximum absolute atomic E-state index is 12.9. The topological polar surface area (TPSA) is 58.6 Å². The number of piperazine rings is 1. The smallest absolute Gasteiger partial charge is 0.253 e. The molecule has 4 rings (SSSR count). The van der Waals surface area contributed by atoms with Gasteiger partial charge in [-0.2, -0.15) is 0 Å². The Morgan fingerprint density at radius 3 is 2.19 bits per heavy atom. The molecule has 6 nitrogen and oxygen atoms in total. The fraction of sp³-hybridized carbons (Fsp3) is 0.346. The molecule has 1 aliphatic rings. The number of benzene rings is 2. The number of aromatic nitrogens is 2. The van der Waals surface area contributed by atoms with Gasteiger partial charge in [-0.05, 0) is 50.6 Å². The van der Waals surface area contributed by atoms with Crippen molar-refractivity contribution < 1.29 is 9.53 Å². The number of hydrogen-bond donors (Lipinski definition) is 0. The molecule has 1 fully saturated rings. The Hall–Kier alpha value is -3.41. The van der Waals surface area contributed by atoms with Gasteiger partial charge in [0.15, 0.2) is 0 Å². The predicted molar refractivity (Wildman–Crippen MR) is 127 cm³/mol. The van der Waals surface area contributed by atoms with Gasteiger partial charge in [-0.25, -0.2) is 9.97 Å². The third-order valence-electron chi connectivity index (χ3n) is 6.01. The average molecular weight is 431 g/mol. The van der Waals surface area contributed by atoms with Gasteiger partial charge in [-0.15, -0.1) is 0 Å². The van der Waals surface area contributed by atoms with Crippen LogP contribution in [0.4, 0.5) is 5.82 Å². The van der Waals surface area contributed by atoms with Crippen LogP contribution in [0, 0.1) is 20.8 Å². The molecule has 0 atom stereocenters. The van der Waals surface area contributed by atoms with E-state index in [1.54, 1.807) is 7.11 Å². The molecule has 166 valence electrons. The van der Waals surface area contributed by atoms with Crippen molar-refractivity contribution >= 4 is 11.7 Å². The zero-order chi connectivity index (χ0) is 22.7. The zero-order valence-electron chi connectivity index (χ0n) is 19.3. The van der Waals surface area contributed by atoms with Gasteiger partial charge in [-0.1, -0.05) is 29.8 Å². The SMILES string of the molecule is COc1ccc(C(=O)N2CCN(c3nc(C)nc(C)c3Cc3ccc(C)cc3)CC2)cc1. The second kappa shape index (κ2) is 9.39. The first-order valence-electron chi connectivity index (χ1n) is 11.0. The van der Waals surface area contributed by atoms with Crippen LogP contribution in [0.25, 0.3) is 0 Å². The van der Waals surface area contributed by atoms with Crippen LogP contribution >= 0.6 is 0 Å². The summed E-state index contributed by atoms with van der Waals surface area (Å²) in [6, 6.07) is 15.9. The number of anilines is 1. The van der Waals surface area contributed by atoms with Gasteiger partial charge in [0.25, 0.3) is 5.91 Å². The Kier molecular flexibility index (Phi) is 6.40. The summed E-state index contributed by atoms with van der Waals surface area (Å²) in [7, 11) is 1.62. The number of methoxy groups -OCH3 is 1. The standard InChI is InChI=1S/C26H30N4O2/c1-18-5-7-21(8-6-18)17-24-19(2)27-20(3)28-25(24)29-13-15-30(16-14-29)26(31)22-9-11-23(32-4)12-10-22/h5-12H,13-17H2,1-4H3. The highest BCUT2D eigenvalue weighted by molar-refractivity contribution is 5.94. The number of ether oxygens (including phenoxy) is 1. The third kappa shape index (κ3) is 4.74. The number of carbonyl (C=O) groups is 1. The molecule has 0 bridgehead atoms. The van der Waals surface area contributed by atoms with Crippen LogP contribution in [0.3, 0.4) is 0 Å². The van der Waals surface area contributed by atoms with Crippen LogP contribution in [0.15, 0.2) is 48.5 Å². The molecule has 1 aliphatic heterocycles. The summed E-state index contributed by atoms with van der Waals surface area (Å²) in [4.78, 5) is 26.6. The molecule has 0 unspecified atom stereocenters. The van der Waals surface area contributed by atoms with Crippen molar-refractivity contribution in [3.63, 3.8) is 0 Å². The molecule has 0 spiro atoms. The lowest BCUT2D eigenvalue weighted by atomic mass is 10.0. The summed E-state index contributed by atoms with van der Waals surface area (Å²) in [5.74, 6) is 2.58. The van der Waals surface area contributed by atoms with E-state index in [4.69, 9.17) is 9.72 Å². The van der Waals surface area contributed by atoms with Crippen LogP contribution in [-0.2, 0) is 6.42 Å². The monoisotopic (exact) mass is 430 g/mol. The second-order valence-corrected chi connectivity index (χ2v) is 8.33. The Morgan fingerprint density at radius 2 is 1.56 bits per heavy atom. The van der Waals surface area contributed by atoms with E-state index in [2.05, 4.69) is 48.0 Å². The molecule has 1 amide bonds. The summed E-state index contributed by atoms with van der Waals surface area (Å²) < 4.78 is 5.19. The van der Waals surface area contributed by atoms with Gasteiger partial charge in [0.2, 0.25) is 0 Å². The number of aryl methyl sites for hydroxylation is 3. The minimum atomic E-state index is 0.0576. The van der Waals surface area contributed by atoms with Gasteiger partial charge in [0.1, 0.15) is 17.4 Å². The maximum Gasteiger partial charge on any atom is 0.253 e. The lowest BCUT2D eigenvalue weighted by molar-refractivity contribution is 0.0746. The molecule has 1 aromatic heterocycles. The van der Waals surface area contributed by atoms with E-state index < -0.39 is 0 Å². The molecule has 1 saturated heterocycles. The normalized spacial score (nSPS) is 13.9. The van der Waals surface area contributed by atoms with Gasteiger partial charge in [0.05, 0.1) is 7.11 Å². The zero-order valence-corrected chi connectivity index (χ0v) is 19.3. The molecule has 0 saturated carbocycles. The van der Waals surface area contributed by atoms with E-state index in [0.29, 0.717) is 18.7 Å². The van der Waals surface area contributed by atoms with E-state index >= 15 is 0 Å². The molecule has 2 aromatic carbocycles. The van der Waals surface area contributed by atoms with E-state index in [-0.39, 0.29) is 5.91 Å². The minimum absolute atomic E-state index is 0.0576. The van der Waals surface area contributed by atoms with Crippen molar-refractivity contribution in [2.24, 2.45) is 0 Å². The van der Waals surface area contributed by atoms with E-state index in [1.807, 2.05) is 36.1 Å². The van der Waals surface area contributed by atoms with Crippen LogP contribution in [0.2, 0.25) is 0 Å². The Labute approximate surface area is 189 Å². The van der Waals surface area contributed by atoms with Crippen molar-refractivity contribution in [3.8, 4) is 5.75 Å². The van der Waals surface area contributed by atoms with Crippen LogP contribution in [0.5, 0.6) is 5.75 Å². The number of rotatable bonds is 5. The second-order valence-electron chi connectivity index (χ2n) is 8.33. The molecule has 2 heterocycles. The molecule has 6 heteroatoms. The van der Waals surface area contributed by atoms with Gasteiger partial charge in [0, 0.05) is 49.4 Å². The van der Waals surface area contributed by atoms with Gasteiger partial charge < -0.3 is 14.5 Å². The van der Waals surface area contributed by atoms with Crippen LogP contribution < -0.4 is 9.64 Å². The first-order valence-corrected chi connectivity index (χ1v) is 11.0. The number of hydrogen-bond acceptors (Lipinski definition) is 5. The van der Waals surface area contributed by atoms with Gasteiger partial charge in [-0.3, -0.25) is 4.79 Å². The van der Waals surface area contributed by atoms with E-state index in [9.17, 15) is 4.79 Å². The Balaban J connectivity index is 1.50. The highest BCUT2D eigenvalue weighted by Gasteiger charge is 2.25. The first kappa shape index (κ1) is 21.8. The highest BCUT2D eigenvalue weighted by Crippen LogP contribution is 2.26. The van der Waals surface area contributed by atoms with Crippen molar-refractivity contribution in [2.75, 3.05) is 38.2 Å². The van der Waals surface area contributed by atoms with Crippen molar-refractivity contribution in [1.82, 2.24) is 14.9 Å².